The van der Waals surface area contributed by atoms with Crippen molar-refractivity contribution in [3.05, 3.63) is 11.6 Å². The fourth-order valence-electron chi connectivity index (χ4n) is 11.3. The molecule has 1 aliphatic heterocycles. The Kier molecular flexibility index (Phi) is 4.64. The molecule has 34 heavy (non-hydrogen) atoms. The summed E-state index contributed by atoms with van der Waals surface area (Å²) in [5, 5.41) is 11.2. The highest BCUT2D eigenvalue weighted by Gasteiger charge is 2.82. The lowest BCUT2D eigenvalue weighted by Crippen LogP contribution is -2.57. The van der Waals surface area contributed by atoms with Gasteiger partial charge in [0.1, 0.15) is 18.0 Å². The maximum Gasteiger partial charge on any atom is 0.312 e. The molecule has 0 unspecified atom stereocenters. The molecule has 2 spiro atoms. The van der Waals surface area contributed by atoms with Crippen LogP contribution in [0.25, 0.3) is 0 Å². The van der Waals surface area contributed by atoms with Crippen molar-refractivity contribution in [2.24, 2.45) is 50.7 Å². The van der Waals surface area contributed by atoms with Gasteiger partial charge in [-0.25, -0.2) is 0 Å². The number of cyclic esters (lactones) is 1. The fraction of sp³-hybridized carbons (Fsp3) is 0.867. The van der Waals surface area contributed by atoms with E-state index in [-0.39, 0.29) is 28.1 Å². The van der Waals surface area contributed by atoms with Crippen molar-refractivity contribution in [1.29, 1.82) is 0 Å². The number of rotatable bonds is 2. The monoisotopic (exact) mass is 468 g/mol. The number of hydrogen-bond donors (Lipinski definition) is 1. The number of aliphatic hydroxyl groups is 1. The van der Waals surface area contributed by atoms with Gasteiger partial charge in [-0.15, -0.1) is 0 Å². The van der Waals surface area contributed by atoms with Crippen molar-refractivity contribution in [2.75, 3.05) is 0 Å². The number of hydrogen-bond acceptors (Lipinski definition) is 4. The molecule has 1 N–H and O–H groups in total. The van der Waals surface area contributed by atoms with Gasteiger partial charge in [-0.05, 0) is 111 Å². The highest BCUT2D eigenvalue weighted by Crippen LogP contribution is 2.88. The van der Waals surface area contributed by atoms with Crippen molar-refractivity contribution in [1.82, 2.24) is 0 Å². The molecule has 4 heteroatoms. The molecule has 6 aliphatic rings. The van der Waals surface area contributed by atoms with Gasteiger partial charge in [0.05, 0.1) is 5.92 Å². The maximum atomic E-state index is 13.1. The largest absolute Gasteiger partial charge is 0.455 e. The van der Waals surface area contributed by atoms with Crippen molar-refractivity contribution >= 4 is 11.8 Å². The van der Waals surface area contributed by atoms with Crippen LogP contribution in [0.1, 0.15) is 99.3 Å². The van der Waals surface area contributed by atoms with E-state index < -0.39 is 18.1 Å². The first-order valence-electron chi connectivity index (χ1n) is 13.9. The Hall–Kier alpha value is -1.16. The van der Waals surface area contributed by atoms with E-state index in [1.54, 1.807) is 0 Å². The lowest BCUT2D eigenvalue weighted by atomic mass is 9.42. The number of ether oxygens (including phenoxy) is 1. The van der Waals surface area contributed by atoms with Crippen LogP contribution in [0, 0.1) is 50.7 Å². The van der Waals surface area contributed by atoms with E-state index in [4.69, 9.17) is 4.74 Å². The molecule has 0 aromatic rings. The topological polar surface area (TPSA) is 63.6 Å². The van der Waals surface area contributed by atoms with Gasteiger partial charge in [-0.3, -0.25) is 9.59 Å². The first-order chi connectivity index (χ1) is 15.8. The molecule has 0 aromatic carbocycles. The van der Waals surface area contributed by atoms with E-state index in [9.17, 15) is 14.7 Å². The first-order valence-corrected chi connectivity index (χ1v) is 13.9. The molecule has 5 saturated carbocycles. The number of carbonyl (C=O) groups excluding carboxylic acids is 2. The van der Waals surface area contributed by atoms with Gasteiger partial charge in [-0.2, -0.15) is 0 Å². The summed E-state index contributed by atoms with van der Waals surface area (Å²) < 4.78 is 5.71. The van der Waals surface area contributed by atoms with Crippen molar-refractivity contribution in [3.63, 3.8) is 0 Å². The molecule has 6 rings (SSSR count). The summed E-state index contributed by atoms with van der Waals surface area (Å²) in [6, 6.07) is 0. The minimum atomic E-state index is -0.740. The Labute approximate surface area is 205 Å². The Bertz CT molecular complexity index is 976. The number of allylic oxidation sites excluding steroid dienone is 1. The van der Waals surface area contributed by atoms with Crippen LogP contribution >= 0.6 is 0 Å². The van der Waals surface area contributed by atoms with Gasteiger partial charge in [-0.1, -0.05) is 33.3 Å². The zero-order chi connectivity index (χ0) is 24.5. The second-order valence-electron chi connectivity index (χ2n) is 14.5. The number of carbonyl (C=O) groups is 2. The number of Topliss-reactive ketones (excluding diaryl/α,β-unsaturated/α-hetero) is 1. The molecular formula is C30H44O4. The predicted molar refractivity (Wildman–Crippen MR) is 131 cm³/mol. The van der Waals surface area contributed by atoms with Crippen LogP contribution in [0.15, 0.2) is 11.6 Å². The van der Waals surface area contributed by atoms with E-state index in [1.165, 1.54) is 25.7 Å². The summed E-state index contributed by atoms with van der Waals surface area (Å²) in [5.74, 6) is 1.29. The molecule has 0 amide bonds. The third-order valence-corrected chi connectivity index (χ3v) is 13.1. The van der Waals surface area contributed by atoms with Gasteiger partial charge in [0.2, 0.25) is 0 Å². The lowest BCUT2D eigenvalue weighted by Gasteiger charge is -2.62. The summed E-state index contributed by atoms with van der Waals surface area (Å²) >= 11 is 0. The summed E-state index contributed by atoms with van der Waals surface area (Å²) in [5.41, 5.74) is 1.90. The standard InChI is InChI=1S/C30H44O4/c1-17(2)15-19-24(32)23(25(33)34-19)18-9-11-28(6)21-8-7-20-26(3,4)22(31)10-12-29(20)16-30(21,29)14-13-27(18,28)5/h15,18-21,23-24,32H,7-14,16H2,1-6H3/t18-,19+,20+,21+,23+,24-,27-,28+,29-,30+/m1/s1. The minimum absolute atomic E-state index is 0.0457. The van der Waals surface area contributed by atoms with Crippen LogP contribution in [-0.4, -0.2) is 29.1 Å². The zero-order valence-corrected chi connectivity index (χ0v) is 22.1. The fourth-order valence-corrected chi connectivity index (χ4v) is 11.3. The highest BCUT2D eigenvalue weighted by molar-refractivity contribution is 5.86. The quantitative estimate of drug-likeness (QED) is 0.407. The summed E-state index contributed by atoms with van der Waals surface area (Å²) in [7, 11) is 0. The van der Waals surface area contributed by atoms with Crippen LogP contribution in [0.5, 0.6) is 0 Å². The molecule has 6 fully saturated rings. The molecule has 1 saturated heterocycles. The summed E-state index contributed by atoms with van der Waals surface area (Å²) in [6.07, 6.45) is 10.8. The van der Waals surface area contributed by atoms with Crippen LogP contribution < -0.4 is 0 Å². The normalized spacial score (nSPS) is 54.9. The third kappa shape index (κ3) is 2.50. The molecule has 0 aromatic heterocycles. The average molecular weight is 469 g/mol. The molecular weight excluding hydrogens is 424 g/mol. The highest BCUT2D eigenvalue weighted by atomic mass is 16.6. The molecule has 0 radical (unpaired) electrons. The second kappa shape index (κ2) is 6.78. The van der Waals surface area contributed by atoms with E-state index in [0.29, 0.717) is 28.4 Å². The smallest absolute Gasteiger partial charge is 0.312 e. The molecule has 4 nitrogen and oxygen atoms in total. The van der Waals surface area contributed by atoms with E-state index in [2.05, 4.69) is 27.7 Å². The molecule has 1 heterocycles. The van der Waals surface area contributed by atoms with Gasteiger partial charge < -0.3 is 9.84 Å². The Balaban J connectivity index is 1.32. The van der Waals surface area contributed by atoms with Gasteiger partial charge in [0.25, 0.3) is 0 Å². The van der Waals surface area contributed by atoms with Crippen molar-refractivity contribution in [3.8, 4) is 0 Å². The zero-order valence-electron chi connectivity index (χ0n) is 22.1. The number of ketones is 1. The average Bonchev–Trinajstić information content (AvgIpc) is 3.25. The number of fused-ring (bicyclic) bond motifs is 2. The third-order valence-electron chi connectivity index (χ3n) is 13.1. The van der Waals surface area contributed by atoms with E-state index >= 15 is 0 Å². The van der Waals surface area contributed by atoms with Crippen molar-refractivity contribution < 1.29 is 19.4 Å². The molecule has 0 bridgehead atoms. The van der Waals surface area contributed by atoms with Gasteiger partial charge in [0.15, 0.2) is 0 Å². The van der Waals surface area contributed by atoms with Crippen LogP contribution in [-0.2, 0) is 14.3 Å². The lowest BCUT2D eigenvalue weighted by molar-refractivity contribution is -0.161. The van der Waals surface area contributed by atoms with Crippen LogP contribution in [0.3, 0.4) is 0 Å². The number of aliphatic hydroxyl groups excluding tert-OH is 1. The SMILES string of the molecule is CC(C)=C[C@@H]1OC(=O)[C@@H]([C@H]2CC[C@@]3(C)[C@@H]4CC[C@H]5C(C)(C)C(=O)CC[C@@]56C[C@@]46CC[C@]23C)[C@@H]1O. The van der Waals surface area contributed by atoms with Crippen LogP contribution in [0.2, 0.25) is 0 Å². The van der Waals surface area contributed by atoms with E-state index in [0.717, 1.165) is 37.7 Å². The summed E-state index contributed by atoms with van der Waals surface area (Å²) in [4.78, 5) is 25.9. The summed E-state index contributed by atoms with van der Waals surface area (Å²) in [6.45, 7) is 13.4. The van der Waals surface area contributed by atoms with Gasteiger partial charge >= 0.3 is 5.97 Å². The minimum Gasteiger partial charge on any atom is -0.455 e. The number of esters is 1. The Morgan fingerprint density at radius 3 is 2.29 bits per heavy atom. The van der Waals surface area contributed by atoms with E-state index in [1.807, 2.05) is 19.9 Å². The Morgan fingerprint density at radius 1 is 0.912 bits per heavy atom. The Morgan fingerprint density at radius 2 is 1.59 bits per heavy atom. The predicted octanol–water partition coefficient (Wildman–Crippen LogP) is 5.86. The molecule has 5 aliphatic carbocycles. The van der Waals surface area contributed by atoms with Gasteiger partial charge in [0, 0.05) is 11.8 Å². The first kappa shape index (κ1) is 23.3. The van der Waals surface area contributed by atoms with Crippen molar-refractivity contribution in [2.45, 2.75) is 112 Å². The molecule has 10 atom stereocenters. The molecule has 188 valence electrons. The maximum absolute atomic E-state index is 13.1. The van der Waals surface area contributed by atoms with Crippen LogP contribution in [0.4, 0.5) is 0 Å². The second-order valence-corrected chi connectivity index (χ2v) is 14.5.